The zero-order chi connectivity index (χ0) is 14.0. The average molecular weight is 256 g/mol. The summed E-state index contributed by atoms with van der Waals surface area (Å²) in [5.74, 6) is 2.41. The fraction of sp³-hybridized carbons (Fsp3) is 0.294. The van der Waals surface area contributed by atoms with Crippen molar-refractivity contribution < 1.29 is 9.47 Å². The van der Waals surface area contributed by atoms with Crippen molar-refractivity contribution in [2.75, 3.05) is 7.11 Å². The molecule has 2 rings (SSSR count). The second-order valence-electron chi connectivity index (χ2n) is 5.04. The Hall–Kier alpha value is -1.96. The van der Waals surface area contributed by atoms with Crippen molar-refractivity contribution in [1.82, 2.24) is 0 Å². The molecule has 0 aliphatic heterocycles. The molecule has 100 valence electrons. The third kappa shape index (κ3) is 3.08. The Balaban J connectivity index is 2.42. The molecule has 0 aliphatic rings. The molecule has 0 heterocycles. The quantitative estimate of drug-likeness (QED) is 0.791. The van der Waals surface area contributed by atoms with E-state index in [2.05, 4.69) is 32.9 Å². The molecule has 2 heteroatoms. The molecule has 0 radical (unpaired) electrons. The highest BCUT2D eigenvalue weighted by Crippen LogP contribution is 2.36. The first-order valence-corrected chi connectivity index (χ1v) is 6.41. The molecule has 2 nitrogen and oxygen atoms in total. The van der Waals surface area contributed by atoms with Gasteiger partial charge >= 0.3 is 0 Å². The second kappa shape index (κ2) is 5.35. The molecule has 0 saturated carbocycles. The van der Waals surface area contributed by atoms with E-state index in [1.54, 1.807) is 7.11 Å². The Labute approximate surface area is 115 Å². The van der Waals surface area contributed by atoms with Crippen molar-refractivity contribution in [2.45, 2.75) is 27.7 Å². The zero-order valence-electron chi connectivity index (χ0n) is 12.2. The predicted octanol–water partition coefficient (Wildman–Crippen LogP) is 4.72. The van der Waals surface area contributed by atoms with Crippen LogP contribution in [0.1, 0.15) is 22.3 Å². The van der Waals surface area contributed by atoms with Crippen LogP contribution in [0, 0.1) is 27.7 Å². The summed E-state index contributed by atoms with van der Waals surface area (Å²) in [4.78, 5) is 0. The van der Waals surface area contributed by atoms with Crippen molar-refractivity contribution >= 4 is 0 Å². The van der Waals surface area contributed by atoms with Crippen LogP contribution in [0.25, 0.3) is 0 Å². The lowest BCUT2D eigenvalue weighted by molar-refractivity contribution is 0.377. The molecule has 0 saturated heterocycles. The van der Waals surface area contributed by atoms with Crippen molar-refractivity contribution in [3.05, 3.63) is 52.6 Å². The van der Waals surface area contributed by atoms with Gasteiger partial charge in [0.15, 0.2) is 11.5 Å². The van der Waals surface area contributed by atoms with Gasteiger partial charge in [-0.25, -0.2) is 0 Å². The van der Waals surface area contributed by atoms with Gasteiger partial charge in [0.25, 0.3) is 0 Å². The minimum Gasteiger partial charge on any atom is -0.493 e. The fourth-order valence-electron chi connectivity index (χ4n) is 2.31. The molecular weight excluding hydrogens is 236 g/mol. The summed E-state index contributed by atoms with van der Waals surface area (Å²) in [5.41, 5.74) is 4.63. The lowest BCUT2D eigenvalue weighted by Gasteiger charge is -2.14. The van der Waals surface area contributed by atoms with Crippen molar-refractivity contribution in [3.63, 3.8) is 0 Å². The van der Waals surface area contributed by atoms with Gasteiger partial charge in [-0.05, 0) is 68.1 Å². The maximum absolute atomic E-state index is 6.02. The SMILES string of the molecule is COc1cc(C)cc(C)c1Oc1cc(C)cc(C)c1. The second-order valence-corrected chi connectivity index (χ2v) is 5.04. The van der Waals surface area contributed by atoms with Crippen molar-refractivity contribution in [3.8, 4) is 17.2 Å². The van der Waals surface area contributed by atoms with Gasteiger partial charge in [0, 0.05) is 0 Å². The summed E-state index contributed by atoms with van der Waals surface area (Å²) in [6.45, 7) is 8.22. The summed E-state index contributed by atoms with van der Waals surface area (Å²) in [6.07, 6.45) is 0. The van der Waals surface area contributed by atoms with Crippen LogP contribution in [0.3, 0.4) is 0 Å². The van der Waals surface area contributed by atoms with Crippen LogP contribution in [-0.2, 0) is 0 Å². The Morgan fingerprint density at radius 3 is 1.89 bits per heavy atom. The van der Waals surface area contributed by atoms with Crippen LogP contribution in [0.2, 0.25) is 0 Å². The Kier molecular flexibility index (Phi) is 3.79. The number of aryl methyl sites for hydroxylation is 4. The van der Waals surface area contributed by atoms with E-state index >= 15 is 0 Å². The van der Waals surface area contributed by atoms with Crippen molar-refractivity contribution in [2.24, 2.45) is 0 Å². The summed E-state index contributed by atoms with van der Waals surface area (Å²) in [6, 6.07) is 10.3. The van der Waals surface area contributed by atoms with E-state index in [1.807, 2.05) is 25.1 Å². The third-order valence-electron chi connectivity index (χ3n) is 3.02. The van der Waals surface area contributed by atoms with Gasteiger partial charge in [-0.2, -0.15) is 0 Å². The number of hydrogen-bond acceptors (Lipinski definition) is 2. The first-order chi connectivity index (χ1) is 8.99. The molecular formula is C17H20O2. The first-order valence-electron chi connectivity index (χ1n) is 6.41. The molecule has 0 bridgehead atoms. The van der Waals surface area contributed by atoms with Crippen LogP contribution < -0.4 is 9.47 Å². The normalized spacial score (nSPS) is 10.4. The molecule has 0 atom stereocenters. The molecule has 0 spiro atoms. The van der Waals surface area contributed by atoms with E-state index in [9.17, 15) is 0 Å². The molecule has 2 aromatic carbocycles. The standard InChI is InChI=1S/C17H20O2/c1-11-6-12(2)9-15(8-11)19-17-14(4)7-13(3)10-16(17)18-5/h6-10H,1-5H3. The number of methoxy groups -OCH3 is 1. The molecule has 0 aromatic heterocycles. The predicted molar refractivity (Wildman–Crippen MR) is 78.5 cm³/mol. The molecule has 0 fully saturated rings. The molecule has 2 aromatic rings. The van der Waals surface area contributed by atoms with Gasteiger partial charge in [0.1, 0.15) is 5.75 Å². The van der Waals surface area contributed by atoms with Crippen LogP contribution in [0.5, 0.6) is 17.2 Å². The van der Waals surface area contributed by atoms with Gasteiger partial charge < -0.3 is 9.47 Å². The topological polar surface area (TPSA) is 18.5 Å². The zero-order valence-corrected chi connectivity index (χ0v) is 12.2. The minimum atomic E-state index is 0.775. The summed E-state index contributed by atoms with van der Waals surface area (Å²) in [7, 11) is 1.67. The summed E-state index contributed by atoms with van der Waals surface area (Å²) >= 11 is 0. The number of ether oxygens (including phenoxy) is 2. The van der Waals surface area contributed by atoms with E-state index in [0.29, 0.717) is 0 Å². The van der Waals surface area contributed by atoms with Crippen LogP contribution in [0.15, 0.2) is 30.3 Å². The lowest BCUT2D eigenvalue weighted by Crippen LogP contribution is -1.95. The van der Waals surface area contributed by atoms with Gasteiger partial charge in [0.2, 0.25) is 0 Å². The fourth-order valence-corrected chi connectivity index (χ4v) is 2.31. The molecule has 19 heavy (non-hydrogen) atoms. The van der Waals surface area contributed by atoms with E-state index in [-0.39, 0.29) is 0 Å². The molecule has 0 aliphatic carbocycles. The Bertz CT molecular complexity index is 580. The Morgan fingerprint density at radius 1 is 0.737 bits per heavy atom. The van der Waals surface area contributed by atoms with Crippen LogP contribution >= 0.6 is 0 Å². The largest absolute Gasteiger partial charge is 0.493 e. The van der Waals surface area contributed by atoms with E-state index in [1.165, 1.54) is 16.7 Å². The van der Waals surface area contributed by atoms with Gasteiger partial charge in [0.05, 0.1) is 7.11 Å². The lowest BCUT2D eigenvalue weighted by atomic mass is 10.1. The Morgan fingerprint density at radius 2 is 1.32 bits per heavy atom. The summed E-state index contributed by atoms with van der Waals surface area (Å²) in [5, 5.41) is 0. The van der Waals surface area contributed by atoms with Gasteiger partial charge in [-0.15, -0.1) is 0 Å². The van der Waals surface area contributed by atoms with E-state index in [4.69, 9.17) is 9.47 Å². The molecule has 0 N–H and O–H groups in total. The molecule has 0 amide bonds. The van der Waals surface area contributed by atoms with E-state index in [0.717, 1.165) is 22.8 Å². The van der Waals surface area contributed by atoms with Gasteiger partial charge in [-0.3, -0.25) is 0 Å². The molecule has 0 unspecified atom stereocenters. The first kappa shape index (κ1) is 13.5. The van der Waals surface area contributed by atoms with Crippen molar-refractivity contribution in [1.29, 1.82) is 0 Å². The number of benzene rings is 2. The third-order valence-corrected chi connectivity index (χ3v) is 3.02. The highest BCUT2D eigenvalue weighted by Gasteiger charge is 2.10. The van der Waals surface area contributed by atoms with Gasteiger partial charge in [-0.1, -0.05) is 12.1 Å². The smallest absolute Gasteiger partial charge is 0.172 e. The average Bonchev–Trinajstić information content (AvgIpc) is 2.31. The maximum Gasteiger partial charge on any atom is 0.172 e. The van der Waals surface area contributed by atoms with Crippen LogP contribution in [-0.4, -0.2) is 7.11 Å². The minimum absolute atomic E-state index is 0.775. The highest BCUT2D eigenvalue weighted by molar-refractivity contribution is 5.51. The number of hydrogen-bond donors (Lipinski definition) is 0. The van der Waals surface area contributed by atoms with E-state index < -0.39 is 0 Å². The monoisotopic (exact) mass is 256 g/mol. The number of rotatable bonds is 3. The van der Waals surface area contributed by atoms with Crippen LogP contribution in [0.4, 0.5) is 0 Å². The maximum atomic E-state index is 6.02. The summed E-state index contributed by atoms with van der Waals surface area (Å²) < 4.78 is 11.4. The highest BCUT2D eigenvalue weighted by atomic mass is 16.5.